The standard InChI is InChI=1S/C15H20N4/c1-19(14-9-5-2-6-11(14)16)15-10-17-12-7-3-4-8-13(12)18-15/h3-4,7-8,10-11,14H,2,5-6,9,16H2,1H3. The van der Waals surface area contributed by atoms with Crippen molar-refractivity contribution < 1.29 is 0 Å². The number of nitrogens with two attached hydrogens (primary N) is 1. The number of hydrogen-bond acceptors (Lipinski definition) is 4. The van der Waals surface area contributed by atoms with Gasteiger partial charge >= 0.3 is 0 Å². The molecule has 1 fully saturated rings. The number of para-hydroxylation sites is 2. The van der Waals surface area contributed by atoms with Crippen LogP contribution in [0.5, 0.6) is 0 Å². The van der Waals surface area contributed by atoms with Gasteiger partial charge in [-0.1, -0.05) is 25.0 Å². The quantitative estimate of drug-likeness (QED) is 0.896. The van der Waals surface area contributed by atoms with Gasteiger partial charge in [0, 0.05) is 19.1 Å². The Bertz CT molecular complexity index is 569. The third-order valence-electron chi connectivity index (χ3n) is 4.08. The first-order valence-electron chi connectivity index (χ1n) is 6.96. The molecule has 1 aliphatic rings. The number of rotatable bonds is 2. The van der Waals surface area contributed by atoms with Crippen LogP contribution in [-0.4, -0.2) is 29.1 Å². The van der Waals surface area contributed by atoms with Crippen molar-refractivity contribution in [3.63, 3.8) is 0 Å². The van der Waals surface area contributed by atoms with Gasteiger partial charge in [0.2, 0.25) is 0 Å². The maximum Gasteiger partial charge on any atom is 0.147 e. The lowest BCUT2D eigenvalue weighted by molar-refractivity contribution is 0.372. The summed E-state index contributed by atoms with van der Waals surface area (Å²) in [6.07, 6.45) is 6.60. The van der Waals surface area contributed by atoms with Gasteiger partial charge in [0.05, 0.1) is 17.2 Å². The molecule has 0 saturated heterocycles. The lowest BCUT2D eigenvalue weighted by Crippen LogP contribution is -2.48. The van der Waals surface area contributed by atoms with E-state index in [9.17, 15) is 0 Å². The van der Waals surface area contributed by atoms with Crippen LogP contribution in [0.2, 0.25) is 0 Å². The highest BCUT2D eigenvalue weighted by Crippen LogP contribution is 2.25. The lowest BCUT2D eigenvalue weighted by Gasteiger charge is -2.36. The minimum absolute atomic E-state index is 0.243. The highest BCUT2D eigenvalue weighted by Gasteiger charge is 2.26. The molecule has 2 N–H and O–H groups in total. The second kappa shape index (κ2) is 5.13. The zero-order valence-electron chi connectivity index (χ0n) is 11.3. The van der Waals surface area contributed by atoms with E-state index in [-0.39, 0.29) is 6.04 Å². The molecule has 0 bridgehead atoms. The first-order valence-corrected chi connectivity index (χ1v) is 6.96. The molecule has 4 nitrogen and oxygen atoms in total. The molecule has 0 amide bonds. The van der Waals surface area contributed by atoms with Crippen LogP contribution >= 0.6 is 0 Å². The fourth-order valence-corrected chi connectivity index (χ4v) is 2.91. The number of hydrogen-bond donors (Lipinski definition) is 1. The van der Waals surface area contributed by atoms with Gasteiger partial charge in [-0.05, 0) is 25.0 Å². The Hall–Kier alpha value is -1.68. The minimum Gasteiger partial charge on any atom is -0.354 e. The molecule has 4 heteroatoms. The largest absolute Gasteiger partial charge is 0.354 e. The molecule has 0 spiro atoms. The number of likely N-dealkylation sites (N-methyl/N-ethyl adjacent to an activating group) is 1. The molecule has 2 unspecified atom stereocenters. The van der Waals surface area contributed by atoms with E-state index in [0.717, 1.165) is 29.7 Å². The summed E-state index contributed by atoms with van der Waals surface area (Å²) in [4.78, 5) is 11.4. The Kier molecular flexibility index (Phi) is 3.34. The second-order valence-electron chi connectivity index (χ2n) is 5.34. The summed E-state index contributed by atoms with van der Waals surface area (Å²) in [6, 6.07) is 8.58. The van der Waals surface area contributed by atoms with Gasteiger partial charge in [0.25, 0.3) is 0 Å². The normalized spacial score (nSPS) is 23.5. The molecule has 1 aliphatic carbocycles. The average molecular weight is 256 g/mol. The van der Waals surface area contributed by atoms with E-state index >= 15 is 0 Å². The van der Waals surface area contributed by atoms with Crippen molar-refractivity contribution >= 4 is 16.9 Å². The number of anilines is 1. The Morgan fingerprint density at radius 3 is 2.68 bits per heavy atom. The van der Waals surface area contributed by atoms with E-state index in [2.05, 4.69) is 16.9 Å². The minimum atomic E-state index is 0.243. The van der Waals surface area contributed by atoms with E-state index in [1.54, 1.807) is 0 Å². The fourth-order valence-electron chi connectivity index (χ4n) is 2.91. The molecule has 1 saturated carbocycles. The molecule has 1 aromatic heterocycles. The zero-order valence-corrected chi connectivity index (χ0v) is 11.3. The third-order valence-corrected chi connectivity index (χ3v) is 4.08. The van der Waals surface area contributed by atoms with Crippen molar-refractivity contribution in [2.24, 2.45) is 5.73 Å². The first kappa shape index (κ1) is 12.4. The van der Waals surface area contributed by atoms with Crippen LogP contribution in [0.25, 0.3) is 11.0 Å². The smallest absolute Gasteiger partial charge is 0.147 e. The van der Waals surface area contributed by atoms with Crippen LogP contribution < -0.4 is 10.6 Å². The molecule has 0 radical (unpaired) electrons. The summed E-state index contributed by atoms with van der Waals surface area (Å²) in [5.74, 6) is 0.918. The van der Waals surface area contributed by atoms with Gasteiger partial charge in [0.15, 0.2) is 0 Å². The first-order chi connectivity index (χ1) is 9.25. The van der Waals surface area contributed by atoms with Crippen LogP contribution in [0, 0.1) is 0 Å². The predicted molar refractivity (Wildman–Crippen MR) is 78.2 cm³/mol. The molecule has 100 valence electrons. The van der Waals surface area contributed by atoms with Crippen LogP contribution in [0.1, 0.15) is 25.7 Å². The molecule has 1 aromatic carbocycles. The highest BCUT2D eigenvalue weighted by atomic mass is 15.2. The van der Waals surface area contributed by atoms with Crippen molar-refractivity contribution in [1.82, 2.24) is 9.97 Å². The van der Waals surface area contributed by atoms with E-state index in [1.165, 1.54) is 12.8 Å². The van der Waals surface area contributed by atoms with E-state index < -0.39 is 0 Å². The number of benzene rings is 1. The van der Waals surface area contributed by atoms with E-state index in [1.807, 2.05) is 30.5 Å². The zero-order chi connectivity index (χ0) is 13.2. The predicted octanol–water partition coefficient (Wildman–Crippen LogP) is 2.34. The number of nitrogens with zero attached hydrogens (tertiary/aromatic N) is 3. The summed E-state index contributed by atoms with van der Waals surface area (Å²) in [5.41, 5.74) is 8.12. The van der Waals surface area contributed by atoms with Crippen LogP contribution in [-0.2, 0) is 0 Å². The van der Waals surface area contributed by atoms with Gasteiger partial charge in [-0.3, -0.25) is 4.98 Å². The Morgan fingerprint density at radius 2 is 1.89 bits per heavy atom. The third kappa shape index (κ3) is 2.40. The maximum atomic E-state index is 6.24. The van der Waals surface area contributed by atoms with Crippen molar-refractivity contribution in [3.05, 3.63) is 30.5 Å². The molecule has 0 aliphatic heterocycles. The second-order valence-corrected chi connectivity index (χ2v) is 5.34. The van der Waals surface area contributed by atoms with Gasteiger partial charge < -0.3 is 10.6 Å². The van der Waals surface area contributed by atoms with Crippen molar-refractivity contribution in [2.45, 2.75) is 37.8 Å². The Labute approximate surface area is 113 Å². The monoisotopic (exact) mass is 256 g/mol. The SMILES string of the molecule is CN(c1cnc2ccccc2n1)C1CCCCC1N. The van der Waals surface area contributed by atoms with Crippen LogP contribution in [0.15, 0.2) is 30.5 Å². The van der Waals surface area contributed by atoms with Gasteiger partial charge in [-0.25, -0.2) is 4.98 Å². The van der Waals surface area contributed by atoms with E-state index in [0.29, 0.717) is 6.04 Å². The molecule has 3 rings (SSSR count). The van der Waals surface area contributed by atoms with E-state index in [4.69, 9.17) is 10.7 Å². The molecule has 19 heavy (non-hydrogen) atoms. The summed E-state index contributed by atoms with van der Waals surface area (Å²) in [7, 11) is 2.08. The van der Waals surface area contributed by atoms with Gasteiger partial charge in [-0.2, -0.15) is 0 Å². The number of fused-ring (bicyclic) bond motifs is 1. The van der Waals surface area contributed by atoms with Crippen molar-refractivity contribution in [1.29, 1.82) is 0 Å². The summed E-state index contributed by atoms with van der Waals surface area (Å²) < 4.78 is 0. The summed E-state index contributed by atoms with van der Waals surface area (Å²) in [5, 5.41) is 0. The van der Waals surface area contributed by atoms with Crippen LogP contribution in [0.4, 0.5) is 5.82 Å². The summed E-state index contributed by atoms with van der Waals surface area (Å²) >= 11 is 0. The summed E-state index contributed by atoms with van der Waals surface area (Å²) in [6.45, 7) is 0. The van der Waals surface area contributed by atoms with Gasteiger partial charge in [0.1, 0.15) is 5.82 Å². The fraction of sp³-hybridized carbons (Fsp3) is 0.467. The average Bonchev–Trinajstić information content (AvgIpc) is 2.46. The van der Waals surface area contributed by atoms with Crippen LogP contribution in [0.3, 0.4) is 0 Å². The molecule has 2 aromatic rings. The molecule has 1 heterocycles. The lowest BCUT2D eigenvalue weighted by atomic mass is 9.90. The molecular weight excluding hydrogens is 236 g/mol. The van der Waals surface area contributed by atoms with Crippen molar-refractivity contribution in [3.8, 4) is 0 Å². The Morgan fingerprint density at radius 1 is 1.16 bits per heavy atom. The number of aromatic nitrogens is 2. The molecular formula is C15H20N4. The van der Waals surface area contributed by atoms with Crippen molar-refractivity contribution in [2.75, 3.05) is 11.9 Å². The molecule has 2 atom stereocenters. The highest BCUT2D eigenvalue weighted by molar-refractivity contribution is 5.75. The maximum absolute atomic E-state index is 6.24. The Balaban J connectivity index is 1.90. The van der Waals surface area contributed by atoms with Gasteiger partial charge in [-0.15, -0.1) is 0 Å². The topological polar surface area (TPSA) is 55.0 Å².